The Hall–Kier alpha value is -2.49. The van der Waals surface area contributed by atoms with Gasteiger partial charge in [0.05, 0.1) is 19.1 Å². The third kappa shape index (κ3) is 8.28. The Labute approximate surface area is 223 Å². The Morgan fingerprint density at radius 2 is 1.64 bits per heavy atom. The van der Waals surface area contributed by atoms with Crippen molar-refractivity contribution < 1.29 is 22.7 Å². The van der Waals surface area contributed by atoms with Gasteiger partial charge in [0.25, 0.3) is 0 Å². The number of carbonyl (C=O) groups is 2. The molecule has 0 aliphatic rings. The molecule has 0 radical (unpaired) electrons. The molecule has 2 rings (SSSR count). The number of methoxy groups -OCH3 is 1. The summed E-state index contributed by atoms with van der Waals surface area (Å²) < 4.78 is 31.8. The van der Waals surface area contributed by atoms with Crippen LogP contribution in [-0.4, -0.2) is 56.6 Å². The van der Waals surface area contributed by atoms with Gasteiger partial charge in [0.15, 0.2) is 0 Å². The summed E-state index contributed by atoms with van der Waals surface area (Å²) in [7, 11) is -2.53. The van der Waals surface area contributed by atoms with Crippen molar-refractivity contribution in [2.75, 3.05) is 24.2 Å². The van der Waals surface area contributed by atoms with Gasteiger partial charge in [-0.15, -0.1) is 0 Å². The second-order valence-corrected chi connectivity index (χ2v) is 12.2. The molecule has 0 fully saturated rings. The van der Waals surface area contributed by atoms with E-state index >= 15 is 0 Å². The first kappa shape index (κ1) is 29.7. The molecular formula is C25H33Cl2N3O5S. The molecule has 198 valence electrons. The van der Waals surface area contributed by atoms with Crippen molar-refractivity contribution in [1.82, 2.24) is 10.2 Å². The highest BCUT2D eigenvalue weighted by molar-refractivity contribution is 7.92. The number of benzene rings is 2. The molecule has 0 saturated carbocycles. The molecule has 1 unspecified atom stereocenters. The first-order valence-electron chi connectivity index (χ1n) is 11.3. The number of ether oxygens (including phenoxy) is 1. The highest BCUT2D eigenvalue weighted by Gasteiger charge is 2.33. The van der Waals surface area contributed by atoms with E-state index in [0.29, 0.717) is 11.4 Å². The largest absolute Gasteiger partial charge is 0.495 e. The number of halogens is 2. The van der Waals surface area contributed by atoms with Crippen LogP contribution in [0.2, 0.25) is 10.0 Å². The van der Waals surface area contributed by atoms with E-state index in [4.69, 9.17) is 27.9 Å². The molecule has 2 aromatic carbocycles. The SMILES string of the molecule is CCC(C(=O)NC(C)(C)C)N(Cc1ccc(Cl)cc1)C(=O)CN(c1cc(Cl)ccc1OC)S(C)(=O)=O. The first-order valence-corrected chi connectivity index (χ1v) is 13.9. The molecule has 0 spiro atoms. The van der Waals surface area contributed by atoms with Gasteiger partial charge in [-0.25, -0.2) is 8.42 Å². The van der Waals surface area contributed by atoms with Crippen LogP contribution in [0.1, 0.15) is 39.7 Å². The van der Waals surface area contributed by atoms with Gasteiger partial charge in [0.1, 0.15) is 18.3 Å². The van der Waals surface area contributed by atoms with Gasteiger partial charge in [0, 0.05) is 22.1 Å². The average molecular weight is 559 g/mol. The maximum atomic E-state index is 13.7. The molecule has 0 aromatic heterocycles. The lowest BCUT2D eigenvalue weighted by molar-refractivity contribution is -0.141. The standard InChI is InChI=1S/C25H33Cl2N3O5S/c1-7-20(24(32)28-25(2,3)4)29(15-17-8-10-18(26)11-9-17)23(31)16-30(36(6,33)34)21-14-19(27)12-13-22(21)35-5/h8-14,20H,7,15-16H2,1-6H3,(H,28,32). The van der Waals surface area contributed by atoms with E-state index < -0.39 is 34.1 Å². The molecular weight excluding hydrogens is 525 g/mol. The smallest absolute Gasteiger partial charge is 0.244 e. The zero-order valence-electron chi connectivity index (χ0n) is 21.3. The fourth-order valence-corrected chi connectivity index (χ4v) is 4.75. The monoisotopic (exact) mass is 557 g/mol. The second kappa shape index (κ2) is 12.2. The van der Waals surface area contributed by atoms with E-state index in [1.165, 1.54) is 24.1 Å². The molecule has 0 aliphatic carbocycles. The fraction of sp³-hybridized carbons (Fsp3) is 0.440. The van der Waals surface area contributed by atoms with Gasteiger partial charge in [0.2, 0.25) is 21.8 Å². The van der Waals surface area contributed by atoms with Crippen LogP contribution in [0.4, 0.5) is 5.69 Å². The van der Waals surface area contributed by atoms with Crippen LogP contribution in [0.25, 0.3) is 0 Å². The number of rotatable bonds is 10. The maximum absolute atomic E-state index is 13.7. The molecule has 0 bridgehead atoms. The summed E-state index contributed by atoms with van der Waals surface area (Å²) in [4.78, 5) is 28.3. The quantitative estimate of drug-likeness (QED) is 0.464. The number of nitrogens with one attached hydrogen (secondary N) is 1. The fourth-order valence-electron chi connectivity index (χ4n) is 3.61. The van der Waals surface area contributed by atoms with Gasteiger partial charge in [-0.3, -0.25) is 13.9 Å². The number of anilines is 1. The number of hydrogen-bond donors (Lipinski definition) is 1. The third-order valence-corrected chi connectivity index (χ3v) is 6.85. The van der Waals surface area contributed by atoms with Gasteiger partial charge in [-0.05, 0) is 63.1 Å². The highest BCUT2D eigenvalue weighted by atomic mass is 35.5. The summed E-state index contributed by atoms with van der Waals surface area (Å²) in [6, 6.07) is 10.6. The van der Waals surface area contributed by atoms with E-state index in [1.807, 2.05) is 20.8 Å². The lowest BCUT2D eigenvalue weighted by Crippen LogP contribution is -2.55. The van der Waals surface area contributed by atoms with E-state index in [2.05, 4.69) is 5.32 Å². The van der Waals surface area contributed by atoms with Gasteiger partial charge in [-0.2, -0.15) is 0 Å². The summed E-state index contributed by atoms with van der Waals surface area (Å²) in [5.41, 5.74) is 0.340. The highest BCUT2D eigenvalue weighted by Crippen LogP contribution is 2.33. The summed E-state index contributed by atoms with van der Waals surface area (Å²) in [5, 5.41) is 3.73. The number of amides is 2. The van der Waals surface area contributed by atoms with Crippen LogP contribution in [0, 0.1) is 0 Å². The number of hydrogen-bond acceptors (Lipinski definition) is 5. The molecule has 0 aliphatic heterocycles. The lowest BCUT2D eigenvalue weighted by Gasteiger charge is -2.34. The van der Waals surface area contributed by atoms with Crippen molar-refractivity contribution in [1.29, 1.82) is 0 Å². The lowest BCUT2D eigenvalue weighted by atomic mass is 10.1. The Morgan fingerprint density at radius 1 is 1.06 bits per heavy atom. The van der Waals surface area contributed by atoms with Crippen molar-refractivity contribution in [3.05, 3.63) is 58.1 Å². The Bertz CT molecular complexity index is 1180. The zero-order valence-corrected chi connectivity index (χ0v) is 23.7. The van der Waals surface area contributed by atoms with Crippen molar-refractivity contribution in [2.24, 2.45) is 0 Å². The summed E-state index contributed by atoms with van der Waals surface area (Å²) in [5.74, 6) is -0.661. The average Bonchev–Trinajstić information content (AvgIpc) is 2.76. The van der Waals surface area contributed by atoms with Crippen molar-refractivity contribution >= 4 is 50.7 Å². The van der Waals surface area contributed by atoms with E-state index in [1.54, 1.807) is 37.3 Å². The van der Waals surface area contributed by atoms with Crippen molar-refractivity contribution in [3.8, 4) is 5.75 Å². The van der Waals surface area contributed by atoms with E-state index in [-0.39, 0.29) is 28.9 Å². The first-order chi connectivity index (χ1) is 16.7. The summed E-state index contributed by atoms with van der Waals surface area (Å²) >= 11 is 12.1. The molecule has 0 heterocycles. The summed E-state index contributed by atoms with van der Waals surface area (Å²) in [6.07, 6.45) is 1.31. The zero-order chi connectivity index (χ0) is 27.3. The van der Waals surface area contributed by atoms with Crippen LogP contribution in [0.5, 0.6) is 5.75 Å². The van der Waals surface area contributed by atoms with Crippen molar-refractivity contribution in [2.45, 2.75) is 52.2 Å². The Balaban J connectivity index is 2.52. The molecule has 1 N–H and O–H groups in total. The van der Waals surface area contributed by atoms with Crippen LogP contribution >= 0.6 is 23.2 Å². The topological polar surface area (TPSA) is 96.0 Å². The third-order valence-electron chi connectivity index (χ3n) is 5.24. The normalized spacial score (nSPS) is 12.6. The predicted octanol–water partition coefficient (Wildman–Crippen LogP) is 4.49. The van der Waals surface area contributed by atoms with Crippen LogP contribution in [-0.2, 0) is 26.2 Å². The van der Waals surface area contributed by atoms with Gasteiger partial charge < -0.3 is 15.0 Å². The molecule has 8 nitrogen and oxygen atoms in total. The maximum Gasteiger partial charge on any atom is 0.244 e. The van der Waals surface area contributed by atoms with Crippen LogP contribution < -0.4 is 14.4 Å². The summed E-state index contributed by atoms with van der Waals surface area (Å²) in [6.45, 7) is 6.86. The number of sulfonamides is 1. The molecule has 0 saturated heterocycles. The molecule has 11 heteroatoms. The minimum atomic E-state index is -3.93. The number of nitrogens with zero attached hydrogens (tertiary/aromatic N) is 2. The minimum Gasteiger partial charge on any atom is -0.495 e. The minimum absolute atomic E-state index is 0.0797. The number of carbonyl (C=O) groups excluding carboxylic acids is 2. The Morgan fingerprint density at radius 3 is 2.14 bits per heavy atom. The van der Waals surface area contributed by atoms with Crippen LogP contribution in [0.15, 0.2) is 42.5 Å². The van der Waals surface area contributed by atoms with Crippen molar-refractivity contribution in [3.63, 3.8) is 0 Å². The van der Waals surface area contributed by atoms with Gasteiger partial charge >= 0.3 is 0 Å². The molecule has 1 atom stereocenters. The van der Waals surface area contributed by atoms with E-state index in [0.717, 1.165) is 16.1 Å². The predicted molar refractivity (Wildman–Crippen MR) is 144 cm³/mol. The second-order valence-electron chi connectivity index (χ2n) is 9.40. The van der Waals surface area contributed by atoms with Gasteiger partial charge in [-0.1, -0.05) is 42.3 Å². The molecule has 2 aromatic rings. The molecule has 36 heavy (non-hydrogen) atoms. The van der Waals surface area contributed by atoms with Crippen LogP contribution in [0.3, 0.4) is 0 Å². The van der Waals surface area contributed by atoms with E-state index in [9.17, 15) is 18.0 Å². The Kier molecular flexibility index (Phi) is 10.0. The molecule has 2 amide bonds.